The van der Waals surface area contributed by atoms with E-state index in [2.05, 4.69) is 52.5 Å². The van der Waals surface area contributed by atoms with E-state index in [1.807, 2.05) is 0 Å². The summed E-state index contributed by atoms with van der Waals surface area (Å²) in [4.78, 5) is 159. The minimum atomic E-state index is -5.19. The summed E-state index contributed by atoms with van der Waals surface area (Å²) >= 11 is 0. The summed E-state index contributed by atoms with van der Waals surface area (Å²) < 4.78 is 54.2. The number of nitrogens with zero attached hydrogens (tertiary/aromatic N) is 7. The molecule has 2 aromatic rings. The van der Waals surface area contributed by atoms with Crippen LogP contribution in [0.5, 0.6) is 0 Å². The average Bonchev–Trinajstić information content (AvgIpc) is 1.94. The van der Waals surface area contributed by atoms with Crippen LogP contribution < -0.4 is 48.7 Å². The molecule has 4 atom stereocenters. The Labute approximate surface area is 499 Å². The summed E-state index contributed by atoms with van der Waals surface area (Å²) in [5.41, 5.74) is 8.61. The fourth-order valence-corrected chi connectivity index (χ4v) is 8.36. The number of halogens is 3. The monoisotopic (exact) mass is 1260 g/mol. The third kappa shape index (κ3) is 29.3. The molecule has 16 N–H and O–H groups in total. The van der Waals surface area contributed by atoms with Crippen LogP contribution in [0.1, 0.15) is 53.8 Å². The molecule has 488 valence electrons. The fraction of sp³-hybridized carbons (Fsp3) is 0.580. The summed E-state index contributed by atoms with van der Waals surface area (Å²) in [6.45, 7) is -5.58. The van der Waals surface area contributed by atoms with Gasteiger partial charge in [-0.2, -0.15) is 13.2 Å². The van der Waals surface area contributed by atoms with Crippen molar-refractivity contribution in [2.45, 2.75) is 75.4 Å². The zero-order valence-electron chi connectivity index (χ0n) is 47.5. The standard InChI is InChI=1S/C50H73F3N16O19/c51-50(52,53)43-42(48(86)57-12-19-88-21-20-87-18-11-56-36(71)25-67(27-39(76)77)16-14-66(26-38(74)75)15-17-68(28-40(78)79)29-41(80)81)69(65-64-43)13-5-9-32-45(83)61-31(8-4-10-58-49(54)55)44(82)59-24-35(70)60-34(23-37(72)73)47(85)63-33(46(84)62-32)22-30-6-2-1-3-7-30/h1-3,6-7,31-34H,4-5,8-29H2,(H,56,71)(H,57,86)(H,59,82)(H,60,70)(H,61,83)(H,62,84)(H,63,85)(H,72,73)(H,74,75)(H,76,77)(H,78,79)(H,80,81)(H4,54,55,58)/t31-,32-,33+,34-/m0/s1. The van der Waals surface area contributed by atoms with Gasteiger partial charge in [-0.1, -0.05) is 35.5 Å². The summed E-state index contributed by atoms with van der Waals surface area (Å²) in [7, 11) is 0. The highest BCUT2D eigenvalue weighted by molar-refractivity contribution is 5.98. The number of carboxylic acid groups (broad SMARTS) is 5. The second-order valence-corrected chi connectivity index (χ2v) is 19.5. The second-order valence-electron chi connectivity index (χ2n) is 19.5. The van der Waals surface area contributed by atoms with Gasteiger partial charge in [-0.05, 0) is 31.2 Å². The molecule has 0 saturated carbocycles. The van der Waals surface area contributed by atoms with Gasteiger partial charge in [0.15, 0.2) is 17.3 Å². The van der Waals surface area contributed by atoms with Crippen LogP contribution in [0.3, 0.4) is 0 Å². The highest BCUT2D eigenvalue weighted by atomic mass is 19.4. The number of aliphatic carboxylic acids is 5. The van der Waals surface area contributed by atoms with Crippen LogP contribution in [-0.4, -0.2) is 268 Å². The Morgan fingerprint density at radius 2 is 1.14 bits per heavy atom. The van der Waals surface area contributed by atoms with E-state index < -0.39 is 172 Å². The molecule has 1 aromatic heterocycles. The molecule has 0 aliphatic carbocycles. The van der Waals surface area contributed by atoms with Crippen molar-refractivity contribution in [2.75, 3.05) is 112 Å². The third-order valence-corrected chi connectivity index (χ3v) is 12.4. The Bertz CT molecular complexity index is 2720. The molecule has 2 heterocycles. The largest absolute Gasteiger partial charge is 0.481 e. The van der Waals surface area contributed by atoms with Gasteiger partial charge in [-0.15, -0.1) is 5.10 Å². The molecule has 0 unspecified atom stereocenters. The molecule has 35 nitrogen and oxygen atoms in total. The number of aromatic nitrogens is 3. The lowest BCUT2D eigenvalue weighted by molar-refractivity contribution is -0.143. The number of benzene rings is 1. The first-order valence-electron chi connectivity index (χ1n) is 27.2. The van der Waals surface area contributed by atoms with Crippen molar-refractivity contribution in [1.82, 2.24) is 66.9 Å². The summed E-state index contributed by atoms with van der Waals surface area (Å²) in [6, 6.07) is 1.76. The molecule has 3 rings (SSSR count). The van der Waals surface area contributed by atoms with Crippen molar-refractivity contribution in [2.24, 2.45) is 16.5 Å². The van der Waals surface area contributed by atoms with Gasteiger partial charge in [-0.3, -0.25) is 77.2 Å². The molecular formula is C50H73F3N16O19. The molecule has 38 heteroatoms. The van der Waals surface area contributed by atoms with E-state index in [4.69, 9.17) is 31.2 Å². The van der Waals surface area contributed by atoms with Crippen molar-refractivity contribution < 1.29 is 106 Å². The number of nitrogens with two attached hydrogens (primary N) is 2. The van der Waals surface area contributed by atoms with Gasteiger partial charge in [0.25, 0.3) is 5.91 Å². The Morgan fingerprint density at radius 3 is 1.69 bits per heavy atom. The maximum atomic E-state index is 14.3. The molecular weight excluding hydrogens is 1190 g/mol. The number of hydrogen-bond donors (Lipinski definition) is 14. The van der Waals surface area contributed by atoms with Gasteiger partial charge in [-0.25, -0.2) is 4.68 Å². The number of hydrogen-bond acceptors (Lipinski definition) is 20. The average molecular weight is 1260 g/mol. The van der Waals surface area contributed by atoms with E-state index in [9.17, 15) is 86.0 Å². The van der Waals surface area contributed by atoms with Gasteiger partial charge in [0, 0.05) is 58.8 Å². The lowest BCUT2D eigenvalue weighted by Gasteiger charge is -2.27. The zero-order valence-corrected chi connectivity index (χ0v) is 47.5. The van der Waals surface area contributed by atoms with Crippen LogP contribution in [0, 0.1) is 0 Å². The number of aliphatic imine (C=N–C) groups is 1. The summed E-state index contributed by atoms with van der Waals surface area (Å²) in [5.74, 6) is -14.0. The predicted octanol–water partition coefficient (Wildman–Crippen LogP) is -5.96. The van der Waals surface area contributed by atoms with E-state index >= 15 is 0 Å². The zero-order chi connectivity index (χ0) is 65.3. The summed E-state index contributed by atoms with van der Waals surface area (Å²) in [5, 5.41) is 70.0. The van der Waals surface area contributed by atoms with Gasteiger partial charge in [0.2, 0.25) is 35.4 Å². The van der Waals surface area contributed by atoms with Crippen LogP contribution in [0.15, 0.2) is 35.3 Å². The molecule has 88 heavy (non-hydrogen) atoms. The Kier molecular flexibility index (Phi) is 31.7. The minimum Gasteiger partial charge on any atom is -0.481 e. The van der Waals surface area contributed by atoms with Gasteiger partial charge >= 0.3 is 36.0 Å². The maximum Gasteiger partial charge on any atom is 0.437 e. The maximum absolute atomic E-state index is 14.3. The number of amides is 7. The normalized spacial score (nSPS) is 16.9. The first-order chi connectivity index (χ1) is 41.6. The molecule has 1 aliphatic heterocycles. The van der Waals surface area contributed by atoms with E-state index in [-0.39, 0.29) is 104 Å². The summed E-state index contributed by atoms with van der Waals surface area (Å²) in [6.07, 6.45) is -7.17. The van der Waals surface area contributed by atoms with E-state index in [1.54, 1.807) is 30.3 Å². The van der Waals surface area contributed by atoms with Crippen molar-refractivity contribution in [3.63, 3.8) is 0 Å². The quantitative estimate of drug-likeness (QED) is 0.0169. The molecule has 1 aliphatic rings. The van der Waals surface area contributed by atoms with Gasteiger partial charge in [0.05, 0.1) is 72.1 Å². The Morgan fingerprint density at radius 1 is 0.636 bits per heavy atom. The number of guanidine groups is 1. The van der Waals surface area contributed by atoms with Crippen molar-refractivity contribution >= 4 is 77.2 Å². The van der Waals surface area contributed by atoms with Crippen LogP contribution in [0.4, 0.5) is 13.2 Å². The van der Waals surface area contributed by atoms with Crippen molar-refractivity contribution in [3.05, 3.63) is 47.3 Å². The van der Waals surface area contributed by atoms with E-state index in [0.29, 0.717) is 10.2 Å². The predicted molar refractivity (Wildman–Crippen MR) is 294 cm³/mol. The Balaban J connectivity index is 1.64. The molecule has 1 saturated heterocycles. The van der Waals surface area contributed by atoms with E-state index in [0.717, 1.165) is 4.90 Å². The Hall–Kier alpha value is -9.14. The number of ether oxygens (including phenoxy) is 2. The van der Waals surface area contributed by atoms with Crippen molar-refractivity contribution in [1.29, 1.82) is 0 Å². The molecule has 7 amide bonds. The van der Waals surface area contributed by atoms with Crippen LogP contribution in [0.25, 0.3) is 0 Å². The molecule has 0 bridgehead atoms. The fourth-order valence-electron chi connectivity index (χ4n) is 8.36. The van der Waals surface area contributed by atoms with E-state index in [1.165, 1.54) is 9.80 Å². The molecule has 0 spiro atoms. The molecule has 1 aromatic carbocycles. The van der Waals surface area contributed by atoms with Crippen molar-refractivity contribution in [3.8, 4) is 0 Å². The topological polar surface area (TPSA) is 513 Å². The van der Waals surface area contributed by atoms with Gasteiger partial charge < -0.3 is 83.7 Å². The number of nitrogens with one attached hydrogen (secondary N) is 7. The van der Waals surface area contributed by atoms with Crippen LogP contribution >= 0.6 is 0 Å². The molecule has 0 radical (unpaired) electrons. The highest BCUT2D eigenvalue weighted by Crippen LogP contribution is 2.30. The number of aryl methyl sites for hydroxylation is 1. The number of carbonyl (C=O) groups is 12. The molecule has 1 fully saturated rings. The number of rotatable bonds is 38. The second kappa shape index (κ2) is 38.1. The lowest BCUT2D eigenvalue weighted by atomic mass is 10.0. The minimum absolute atomic E-state index is 0.0196. The number of carbonyl (C=O) groups excluding carboxylic acids is 7. The van der Waals surface area contributed by atoms with Crippen LogP contribution in [0.2, 0.25) is 0 Å². The number of carboxylic acids is 5. The smallest absolute Gasteiger partial charge is 0.437 e. The van der Waals surface area contributed by atoms with Gasteiger partial charge in [0.1, 0.15) is 24.2 Å². The highest BCUT2D eigenvalue weighted by Gasteiger charge is 2.41. The van der Waals surface area contributed by atoms with Crippen LogP contribution in [-0.2, 0) is 81.4 Å². The first-order valence-corrected chi connectivity index (χ1v) is 27.2. The number of alkyl halides is 3. The first kappa shape index (κ1) is 73.1. The SMILES string of the molecule is NC(N)=NCCC[C@@H]1NC(=O)[C@H](CCCn2nnc(C(F)(F)F)c2C(=O)NCCOCCOCCNC(=O)CN(CCN(CCN(CC(=O)O)CC(=O)O)CC(=O)O)CC(=O)O)NC(=O)[C@@H](Cc2ccccc2)NC(=O)[C@H](CC(=O)O)NC(=O)CNC1=O. The lowest BCUT2D eigenvalue weighted by Crippen LogP contribution is -2.58. The third-order valence-electron chi connectivity index (χ3n) is 12.4.